The van der Waals surface area contributed by atoms with Crippen molar-refractivity contribution in [3.05, 3.63) is 34.3 Å². The summed E-state index contributed by atoms with van der Waals surface area (Å²) in [6.07, 6.45) is 4.31. The molecule has 0 saturated heterocycles. The molecule has 4 heteroatoms. The van der Waals surface area contributed by atoms with E-state index in [2.05, 4.69) is 15.9 Å². The highest BCUT2D eigenvalue weighted by Crippen LogP contribution is 2.33. The highest BCUT2D eigenvalue weighted by atomic mass is 79.9. The summed E-state index contributed by atoms with van der Waals surface area (Å²) in [5.74, 6) is -0.222. The van der Waals surface area contributed by atoms with Crippen LogP contribution in [0.3, 0.4) is 0 Å². The third-order valence-electron chi connectivity index (χ3n) is 4.16. The predicted octanol–water partition coefficient (Wildman–Crippen LogP) is 4.67. The van der Waals surface area contributed by atoms with Gasteiger partial charge in [0, 0.05) is 9.89 Å². The van der Waals surface area contributed by atoms with Crippen molar-refractivity contribution in [2.24, 2.45) is 5.41 Å². The lowest BCUT2D eigenvalue weighted by molar-refractivity contribution is -0.147. The maximum atomic E-state index is 12.3. The van der Waals surface area contributed by atoms with Gasteiger partial charge in [0.2, 0.25) is 0 Å². The Morgan fingerprint density at radius 3 is 2.41 bits per heavy atom. The van der Waals surface area contributed by atoms with E-state index in [9.17, 15) is 9.59 Å². The van der Waals surface area contributed by atoms with Crippen LogP contribution in [0.4, 0.5) is 0 Å². The number of benzene rings is 1. The van der Waals surface area contributed by atoms with Gasteiger partial charge in [-0.05, 0) is 37.5 Å². The quantitative estimate of drug-likeness (QED) is 0.380. The van der Waals surface area contributed by atoms with Gasteiger partial charge in [0.05, 0.1) is 12.5 Å². The molecule has 0 spiro atoms. The zero-order valence-corrected chi connectivity index (χ0v) is 15.4. The lowest BCUT2D eigenvalue weighted by atomic mass is 9.77. The predicted molar refractivity (Wildman–Crippen MR) is 91.8 cm³/mol. The molecule has 0 aromatic heterocycles. The second kappa shape index (κ2) is 7.91. The molecule has 0 fully saturated rings. The van der Waals surface area contributed by atoms with Crippen LogP contribution in [0.2, 0.25) is 0 Å². The molecule has 3 nitrogen and oxygen atoms in total. The van der Waals surface area contributed by atoms with Gasteiger partial charge in [0.1, 0.15) is 6.29 Å². The van der Waals surface area contributed by atoms with Crippen LogP contribution in [0.15, 0.2) is 28.7 Å². The number of halogens is 1. The molecule has 0 aliphatic heterocycles. The van der Waals surface area contributed by atoms with Gasteiger partial charge in [-0.1, -0.05) is 54.8 Å². The van der Waals surface area contributed by atoms with Gasteiger partial charge in [-0.15, -0.1) is 0 Å². The van der Waals surface area contributed by atoms with E-state index in [0.29, 0.717) is 6.42 Å². The van der Waals surface area contributed by atoms with Crippen LogP contribution in [0.25, 0.3) is 0 Å². The van der Waals surface area contributed by atoms with Crippen LogP contribution in [-0.4, -0.2) is 19.4 Å². The molecule has 0 aliphatic rings. The van der Waals surface area contributed by atoms with E-state index in [4.69, 9.17) is 4.74 Å². The molecule has 122 valence electrons. The lowest BCUT2D eigenvalue weighted by Crippen LogP contribution is -2.34. The van der Waals surface area contributed by atoms with Crippen molar-refractivity contribution in [3.63, 3.8) is 0 Å². The molecular formula is C18H25BrO3. The molecule has 1 aromatic rings. The molecule has 0 N–H and O–H groups in total. The summed E-state index contributed by atoms with van der Waals surface area (Å²) in [5.41, 5.74) is -0.00948. The van der Waals surface area contributed by atoms with Gasteiger partial charge in [-0.25, -0.2) is 0 Å². The van der Waals surface area contributed by atoms with E-state index in [0.717, 1.165) is 35.6 Å². The Labute approximate surface area is 141 Å². The molecule has 0 bridgehead atoms. The van der Waals surface area contributed by atoms with Crippen molar-refractivity contribution in [3.8, 4) is 0 Å². The molecule has 0 aliphatic carbocycles. The number of aldehydes is 1. The Hall–Kier alpha value is -1.16. The van der Waals surface area contributed by atoms with E-state index < -0.39 is 5.41 Å². The van der Waals surface area contributed by atoms with E-state index in [1.807, 2.05) is 45.0 Å². The summed E-state index contributed by atoms with van der Waals surface area (Å²) < 4.78 is 5.96. The van der Waals surface area contributed by atoms with Crippen LogP contribution < -0.4 is 0 Å². The number of rotatable bonds is 8. The lowest BCUT2D eigenvalue weighted by Gasteiger charge is -2.28. The number of carbonyl (C=O) groups excluding carboxylic acids is 2. The summed E-state index contributed by atoms with van der Waals surface area (Å²) in [5, 5.41) is 0. The number of esters is 1. The van der Waals surface area contributed by atoms with E-state index in [1.54, 1.807) is 0 Å². The Morgan fingerprint density at radius 1 is 1.23 bits per heavy atom. The zero-order valence-electron chi connectivity index (χ0n) is 13.8. The fraction of sp³-hybridized carbons (Fsp3) is 0.556. The van der Waals surface area contributed by atoms with Crippen LogP contribution in [0.1, 0.15) is 52.0 Å². The van der Waals surface area contributed by atoms with Crippen molar-refractivity contribution < 1.29 is 14.3 Å². The second-order valence-corrected chi connectivity index (χ2v) is 7.56. The minimum absolute atomic E-state index is 0.222. The van der Waals surface area contributed by atoms with Crippen molar-refractivity contribution >= 4 is 28.2 Å². The molecule has 0 heterocycles. The number of unbranched alkanes of at least 4 members (excludes halogenated alkanes) is 1. The van der Waals surface area contributed by atoms with Crippen LogP contribution in [-0.2, 0) is 19.7 Å². The number of methoxy groups -OCH3 is 1. The maximum Gasteiger partial charge on any atom is 0.315 e. The van der Waals surface area contributed by atoms with Crippen LogP contribution >= 0.6 is 15.9 Å². The van der Waals surface area contributed by atoms with Gasteiger partial charge in [0.15, 0.2) is 0 Å². The van der Waals surface area contributed by atoms with E-state index in [1.165, 1.54) is 7.11 Å². The van der Waals surface area contributed by atoms with E-state index in [-0.39, 0.29) is 11.4 Å². The summed E-state index contributed by atoms with van der Waals surface area (Å²) in [6, 6.07) is 7.78. The fourth-order valence-electron chi connectivity index (χ4n) is 2.54. The van der Waals surface area contributed by atoms with Gasteiger partial charge >= 0.3 is 5.97 Å². The number of carbonyl (C=O) groups is 2. The molecular weight excluding hydrogens is 344 g/mol. The molecule has 0 radical (unpaired) electrons. The second-order valence-electron chi connectivity index (χ2n) is 6.65. The van der Waals surface area contributed by atoms with Crippen molar-refractivity contribution in [2.75, 3.05) is 7.11 Å². The molecule has 1 unspecified atom stereocenters. The summed E-state index contributed by atoms with van der Waals surface area (Å²) in [4.78, 5) is 23.3. The van der Waals surface area contributed by atoms with Gasteiger partial charge < -0.3 is 9.53 Å². The molecule has 22 heavy (non-hydrogen) atoms. The minimum atomic E-state index is -0.663. The smallest absolute Gasteiger partial charge is 0.315 e. The summed E-state index contributed by atoms with van der Waals surface area (Å²) in [7, 11) is 1.42. The summed E-state index contributed by atoms with van der Waals surface area (Å²) >= 11 is 3.45. The third-order valence-corrected chi connectivity index (χ3v) is 4.66. The van der Waals surface area contributed by atoms with Crippen molar-refractivity contribution in [2.45, 2.75) is 51.9 Å². The maximum absolute atomic E-state index is 12.3. The largest absolute Gasteiger partial charge is 0.468 e. The number of hydrogen-bond donors (Lipinski definition) is 0. The Kier molecular flexibility index (Phi) is 6.79. The first kappa shape index (κ1) is 18.9. The number of hydrogen-bond acceptors (Lipinski definition) is 3. The third kappa shape index (κ3) is 4.94. The highest BCUT2D eigenvalue weighted by molar-refractivity contribution is 9.10. The first-order valence-corrected chi connectivity index (χ1v) is 8.35. The van der Waals surface area contributed by atoms with E-state index >= 15 is 0 Å². The standard InChI is InChI=1S/C18H25BrO3/c1-17(2,13-20)10-5-6-11-18(3,16(21)22-4)14-8-7-9-15(19)12-14/h7-9,12-13H,5-6,10-11H2,1-4H3. The summed E-state index contributed by atoms with van der Waals surface area (Å²) in [6.45, 7) is 5.80. The monoisotopic (exact) mass is 368 g/mol. The Bertz CT molecular complexity index is 525. The van der Waals surface area contributed by atoms with Crippen LogP contribution in [0, 0.1) is 5.41 Å². The van der Waals surface area contributed by atoms with Gasteiger partial charge in [-0.3, -0.25) is 4.79 Å². The van der Waals surface area contributed by atoms with Crippen molar-refractivity contribution in [1.82, 2.24) is 0 Å². The topological polar surface area (TPSA) is 43.4 Å². The molecule has 1 atom stereocenters. The molecule has 0 saturated carbocycles. The Balaban J connectivity index is 2.81. The van der Waals surface area contributed by atoms with Gasteiger partial charge in [0.25, 0.3) is 0 Å². The van der Waals surface area contributed by atoms with Crippen molar-refractivity contribution in [1.29, 1.82) is 0 Å². The molecule has 0 amide bonds. The molecule has 1 aromatic carbocycles. The average molecular weight is 369 g/mol. The van der Waals surface area contributed by atoms with Gasteiger partial charge in [-0.2, -0.15) is 0 Å². The first-order chi connectivity index (χ1) is 10.2. The molecule has 1 rings (SSSR count). The van der Waals surface area contributed by atoms with Crippen LogP contribution in [0.5, 0.6) is 0 Å². The highest BCUT2D eigenvalue weighted by Gasteiger charge is 2.36. The zero-order chi connectivity index (χ0) is 16.8. The fourth-order valence-corrected chi connectivity index (χ4v) is 2.94. The first-order valence-electron chi connectivity index (χ1n) is 7.56. The normalized spacial score (nSPS) is 14.2. The Morgan fingerprint density at radius 2 is 1.86 bits per heavy atom. The average Bonchev–Trinajstić information content (AvgIpc) is 2.50. The SMILES string of the molecule is COC(=O)C(C)(CCCCC(C)(C)C=O)c1cccc(Br)c1. The number of ether oxygens (including phenoxy) is 1. The minimum Gasteiger partial charge on any atom is -0.468 e.